The average molecular weight is 473 g/mol. The highest BCUT2D eigenvalue weighted by atomic mass is 16.4. The molecule has 4 heteroatoms. The highest BCUT2D eigenvalue weighted by molar-refractivity contribution is 5.79. The van der Waals surface area contributed by atoms with Gasteiger partial charge in [-0.15, -0.1) is 0 Å². The molecule has 3 aliphatic rings. The summed E-state index contributed by atoms with van der Waals surface area (Å²) in [5.74, 6) is 0.942. The predicted octanol–water partition coefficient (Wildman–Crippen LogP) is 6.97. The highest BCUT2D eigenvalue weighted by Crippen LogP contribution is 2.71. The molecule has 0 heterocycles. The van der Waals surface area contributed by atoms with Crippen molar-refractivity contribution < 1.29 is 19.8 Å². The van der Waals surface area contributed by atoms with Crippen molar-refractivity contribution in [3.8, 4) is 0 Å². The van der Waals surface area contributed by atoms with Gasteiger partial charge in [0, 0.05) is 19.3 Å². The van der Waals surface area contributed by atoms with Crippen molar-refractivity contribution in [2.24, 2.45) is 39.9 Å². The lowest BCUT2D eigenvalue weighted by molar-refractivity contribution is -0.138. The van der Waals surface area contributed by atoms with Gasteiger partial charge in [0.2, 0.25) is 0 Å². The van der Waals surface area contributed by atoms with Gasteiger partial charge in [-0.2, -0.15) is 0 Å². The molecule has 2 saturated carbocycles. The van der Waals surface area contributed by atoms with E-state index in [1.54, 1.807) is 19.4 Å². The Morgan fingerprint density at radius 1 is 1.21 bits per heavy atom. The molecule has 0 aromatic rings. The minimum atomic E-state index is -0.948. The zero-order chi connectivity index (χ0) is 25.7. The summed E-state index contributed by atoms with van der Waals surface area (Å²) in [5, 5.41) is 19.6. The number of ketones is 1. The van der Waals surface area contributed by atoms with Gasteiger partial charge >= 0.3 is 5.97 Å². The minimum Gasteiger partial charge on any atom is -0.481 e. The van der Waals surface area contributed by atoms with E-state index in [4.69, 9.17) is 0 Å². The Labute approximate surface area is 207 Å². The Bertz CT molecular complexity index is 864. The standard InChI is InChI=1S/C30H48O4/c1-19(2)22-9-10-25-24(28(22,6)14-13-26(32)33)12-16-29(7)23(11-15-30(25,29)8)20(3)17-21(31)18-27(4,5)34/h10,20,22-24,34H,1,9,11-18H2,2-8H3,(H,32,33)/t20-,22+,23-,24+,28+,29-,30+/m1/s1. The minimum absolute atomic E-state index is 0.0783. The first-order valence-electron chi connectivity index (χ1n) is 13.4. The second kappa shape index (κ2) is 9.22. The Morgan fingerprint density at radius 3 is 2.41 bits per heavy atom. The molecule has 0 saturated heterocycles. The molecule has 0 aromatic heterocycles. The van der Waals surface area contributed by atoms with E-state index < -0.39 is 11.6 Å². The van der Waals surface area contributed by atoms with Crippen LogP contribution < -0.4 is 0 Å². The lowest BCUT2D eigenvalue weighted by Gasteiger charge is -2.60. The van der Waals surface area contributed by atoms with Gasteiger partial charge < -0.3 is 10.2 Å². The number of aliphatic hydroxyl groups is 1. The molecule has 0 spiro atoms. The third-order valence-electron chi connectivity index (χ3n) is 10.5. The van der Waals surface area contributed by atoms with E-state index in [2.05, 4.69) is 47.3 Å². The summed E-state index contributed by atoms with van der Waals surface area (Å²) in [6.45, 7) is 19.3. The maximum absolute atomic E-state index is 12.7. The number of carbonyl (C=O) groups is 2. The lowest BCUT2D eigenvalue weighted by atomic mass is 9.44. The summed E-state index contributed by atoms with van der Waals surface area (Å²) in [7, 11) is 0. The SMILES string of the molecule is C=C(C)[C@@H]1CC=C2[C@H](CC[C@]3(C)[C@@H]([C@H](C)CC(=O)CC(C)(C)O)CC[C@@]23C)[C@@]1(C)CCC(=O)O. The van der Waals surface area contributed by atoms with Gasteiger partial charge in [-0.1, -0.05) is 51.5 Å². The molecule has 0 aliphatic heterocycles. The van der Waals surface area contributed by atoms with Gasteiger partial charge in [0.1, 0.15) is 5.78 Å². The molecule has 0 amide bonds. The van der Waals surface area contributed by atoms with Crippen LogP contribution >= 0.6 is 0 Å². The van der Waals surface area contributed by atoms with Crippen molar-refractivity contribution >= 4 is 11.8 Å². The smallest absolute Gasteiger partial charge is 0.303 e. The van der Waals surface area contributed by atoms with Gasteiger partial charge in [-0.05, 0) is 99.2 Å². The van der Waals surface area contributed by atoms with E-state index in [-0.39, 0.29) is 34.9 Å². The summed E-state index contributed by atoms with van der Waals surface area (Å²) in [6, 6.07) is 0. The van der Waals surface area contributed by atoms with Crippen LogP contribution in [-0.2, 0) is 9.59 Å². The summed E-state index contributed by atoms with van der Waals surface area (Å²) < 4.78 is 0. The third kappa shape index (κ3) is 4.68. The quantitative estimate of drug-likeness (QED) is 0.355. The second-order valence-electron chi connectivity index (χ2n) is 13.4. The fraction of sp³-hybridized carbons (Fsp3) is 0.800. The van der Waals surface area contributed by atoms with Crippen molar-refractivity contribution in [3.05, 3.63) is 23.8 Å². The highest BCUT2D eigenvalue weighted by Gasteiger charge is 2.63. The van der Waals surface area contributed by atoms with Crippen molar-refractivity contribution in [3.63, 3.8) is 0 Å². The molecule has 0 unspecified atom stereocenters. The van der Waals surface area contributed by atoms with Crippen LogP contribution in [0.2, 0.25) is 0 Å². The summed E-state index contributed by atoms with van der Waals surface area (Å²) in [4.78, 5) is 24.2. The molecule has 7 atom stereocenters. The number of hydrogen-bond donors (Lipinski definition) is 2. The number of aliphatic carboxylic acids is 1. The lowest BCUT2D eigenvalue weighted by Crippen LogP contribution is -2.52. The maximum Gasteiger partial charge on any atom is 0.303 e. The van der Waals surface area contributed by atoms with Gasteiger partial charge in [0.15, 0.2) is 0 Å². The molecular formula is C30H48O4. The predicted molar refractivity (Wildman–Crippen MR) is 137 cm³/mol. The van der Waals surface area contributed by atoms with Gasteiger partial charge in [-0.25, -0.2) is 0 Å². The molecule has 34 heavy (non-hydrogen) atoms. The van der Waals surface area contributed by atoms with Crippen LogP contribution in [0.1, 0.15) is 106 Å². The zero-order valence-corrected chi connectivity index (χ0v) is 22.7. The molecule has 3 aliphatic carbocycles. The van der Waals surface area contributed by atoms with Crippen molar-refractivity contribution in [1.29, 1.82) is 0 Å². The monoisotopic (exact) mass is 472 g/mol. The Balaban J connectivity index is 1.89. The van der Waals surface area contributed by atoms with E-state index in [1.807, 2.05) is 0 Å². The topological polar surface area (TPSA) is 74.6 Å². The Morgan fingerprint density at radius 2 is 1.85 bits per heavy atom. The number of fused-ring (bicyclic) bond motifs is 3. The number of carboxylic acid groups (broad SMARTS) is 1. The maximum atomic E-state index is 12.7. The molecule has 0 radical (unpaired) electrons. The largest absolute Gasteiger partial charge is 0.481 e. The Hall–Kier alpha value is -1.42. The fourth-order valence-electron chi connectivity index (χ4n) is 8.64. The first kappa shape index (κ1) is 27.2. The van der Waals surface area contributed by atoms with E-state index >= 15 is 0 Å². The number of carbonyl (C=O) groups excluding carboxylic acids is 1. The molecule has 0 aromatic carbocycles. The van der Waals surface area contributed by atoms with Crippen LogP contribution in [0.4, 0.5) is 0 Å². The first-order chi connectivity index (χ1) is 15.5. The third-order valence-corrected chi connectivity index (χ3v) is 10.5. The van der Waals surface area contributed by atoms with Crippen molar-refractivity contribution in [1.82, 2.24) is 0 Å². The average Bonchev–Trinajstić information content (AvgIpc) is 2.96. The van der Waals surface area contributed by atoms with E-state index in [0.717, 1.165) is 32.1 Å². The molecule has 2 N–H and O–H groups in total. The van der Waals surface area contributed by atoms with Gasteiger partial charge in [0.25, 0.3) is 0 Å². The molecule has 4 nitrogen and oxygen atoms in total. The van der Waals surface area contributed by atoms with E-state index in [0.29, 0.717) is 36.5 Å². The summed E-state index contributed by atoms with van der Waals surface area (Å²) in [6.07, 6.45) is 9.57. The van der Waals surface area contributed by atoms with Gasteiger partial charge in [-0.3, -0.25) is 9.59 Å². The number of hydrogen-bond acceptors (Lipinski definition) is 3. The van der Waals surface area contributed by atoms with E-state index in [9.17, 15) is 19.8 Å². The van der Waals surface area contributed by atoms with Crippen LogP contribution in [0.25, 0.3) is 0 Å². The number of rotatable bonds is 9. The molecular weight excluding hydrogens is 424 g/mol. The number of carboxylic acids is 1. The number of allylic oxidation sites excluding steroid dienone is 3. The molecule has 3 rings (SSSR count). The molecule has 2 fully saturated rings. The van der Waals surface area contributed by atoms with Crippen LogP contribution in [0, 0.1) is 39.9 Å². The van der Waals surface area contributed by atoms with Crippen molar-refractivity contribution in [2.45, 2.75) is 112 Å². The Kier molecular flexibility index (Phi) is 7.37. The summed E-state index contributed by atoms with van der Waals surface area (Å²) >= 11 is 0. The number of Topliss-reactive ketones (excluding diaryl/α,β-unsaturated/α-hetero) is 1. The fourth-order valence-corrected chi connectivity index (χ4v) is 8.64. The van der Waals surface area contributed by atoms with Crippen LogP contribution in [0.3, 0.4) is 0 Å². The van der Waals surface area contributed by atoms with Crippen LogP contribution in [-0.4, -0.2) is 27.6 Å². The van der Waals surface area contributed by atoms with Gasteiger partial charge in [0.05, 0.1) is 5.60 Å². The summed E-state index contributed by atoms with van der Waals surface area (Å²) in [5.41, 5.74) is 1.92. The first-order valence-corrected chi connectivity index (χ1v) is 13.4. The van der Waals surface area contributed by atoms with E-state index in [1.165, 1.54) is 5.57 Å². The molecule has 192 valence electrons. The molecule has 0 bridgehead atoms. The normalized spacial score (nSPS) is 38.5. The van der Waals surface area contributed by atoms with Crippen LogP contribution in [0.5, 0.6) is 0 Å². The van der Waals surface area contributed by atoms with Crippen molar-refractivity contribution in [2.75, 3.05) is 0 Å². The second-order valence-corrected chi connectivity index (χ2v) is 13.4. The zero-order valence-electron chi connectivity index (χ0n) is 22.7. The van der Waals surface area contributed by atoms with Crippen LogP contribution in [0.15, 0.2) is 23.8 Å².